The van der Waals surface area contributed by atoms with Crippen molar-refractivity contribution in [2.45, 2.75) is 18.5 Å². The fourth-order valence-corrected chi connectivity index (χ4v) is 4.62. The van der Waals surface area contributed by atoms with E-state index in [9.17, 15) is 4.79 Å². The van der Waals surface area contributed by atoms with Gasteiger partial charge in [0.05, 0.1) is 5.39 Å². The molecule has 0 unspecified atom stereocenters. The molecule has 3 heterocycles. The Morgan fingerprint density at radius 3 is 2.95 bits per heavy atom. The number of hydrogen-bond donors (Lipinski definition) is 0. The van der Waals surface area contributed by atoms with Crippen LogP contribution < -0.4 is 5.56 Å². The van der Waals surface area contributed by atoms with Crippen LogP contribution in [0.5, 0.6) is 0 Å². The van der Waals surface area contributed by atoms with Crippen molar-refractivity contribution in [3.05, 3.63) is 33.2 Å². The Morgan fingerprint density at radius 2 is 2.25 bits per heavy atom. The number of thiophene rings is 2. The minimum atomic E-state index is 0.0539. The number of aromatic nitrogens is 2. The molecule has 0 atom stereocenters. The maximum atomic E-state index is 12.6. The van der Waals surface area contributed by atoms with Crippen molar-refractivity contribution >= 4 is 44.7 Å². The van der Waals surface area contributed by atoms with Gasteiger partial charge in [-0.1, -0.05) is 24.8 Å². The number of hydrogen-bond acceptors (Lipinski definition) is 5. The minimum absolute atomic E-state index is 0.0539. The molecule has 3 aromatic rings. The minimum Gasteiger partial charge on any atom is -0.290 e. The van der Waals surface area contributed by atoms with Crippen molar-refractivity contribution in [2.75, 3.05) is 5.75 Å². The summed E-state index contributed by atoms with van der Waals surface area (Å²) < 4.78 is 1.67. The standard InChI is InChI=1S/C14H14N2OS3/c1-3-6-19-14-15-12-11(13(17)16(14)2)9(8-20-12)10-5-4-7-18-10/h4-5,7-8H,3,6H2,1-2H3. The Labute approximate surface area is 129 Å². The van der Waals surface area contributed by atoms with Gasteiger partial charge >= 0.3 is 0 Å². The third-order valence-corrected chi connectivity index (χ3v) is 6.01. The highest BCUT2D eigenvalue weighted by atomic mass is 32.2. The van der Waals surface area contributed by atoms with Gasteiger partial charge in [0.15, 0.2) is 5.16 Å². The van der Waals surface area contributed by atoms with Crippen LogP contribution in [0.15, 0.2) is 32.8 Å². The zero-order valence-electron chi connectivity index (χ0n) is 11.3. The quantitative estimate of drug-likeness (QED) is 0.533. The Balaban J connectivity index is 2.20. The highest BCUT2D eigenvalue weighted by Crippen LogP contribution is 2.34. The van der Waals surface area contributed by atoms with Gasteiger partial charge in [-0.3, -0.25) is 9.36 Å². The fraction of sp³-hybridized carbons (Fsp3) is 0.286. The summed E-state index contributed by atoms with van der Waals surface area (Å²) in [5.41, 5.74) is 1.07. The van der Waals surface area contributed by atoms with E-state index in [1.807, 2.05) is 29.9 Å². The van der Waals surface area contributed by atoms with Crippen molar-refractivity contribution in [2.24, 2.45) is 7.05 Å². The monoisotopic (exact) mass is 322 g/mol. The molecule has 20 heavy (non-hydrogen) atoms. The second kappa shape index (κ2) is 5.71. The van der Waals surface area contributed by atoms with Crippen LogP contribution in [0.25, 0.3) is 20.7 Å². The summed E-state index contributed by atoms with van der Waals surface area (Å²) in [6.07, 6.45) is 1.07. The topological polar surface area (TPSA) is 34.9 Å². The van der Waals surface area contributed by atoms with E-state index in [4.69, 9.17) is 0 Å². The molecule has 0 N–H and O–H groups in total. The molecular weight excluding hydrogens is 308 g/mol. The average molecular weight is 322 g/mol. The summed E-state index contributed by atoms with van der Waals surface area (Å²) in [7, 11) is 1.81. The van der Waals surface area contributed by atoms with Crippen molar-refractivity contribution < 1.29 is 0 Å². The van der Waals surface area contributed by atoms with Gasteiger partial charge in [0.2, 0.25) is 0 Å². The van der Waals surface area contributed by atoms with E-state index in [-0.39, 0.29) is 5.56 Å². The van der Waals surface area contributed by atoms with Crippen LogP contribution in [-0.2, 0) is 7.05 Å². The Morgan fingerprint density at radius 1 is 1.40 bits per heavy atom. The van der Waals surface area contributed by atoms with Crippen LogP contribution in [0.3, 0.4) is 0 Å². The molecular formula is C14H14N2OS3. The van der Waals surface area contributed by atoms with E-state index in [0.717, 1.165) is 38.0 Å². The van der Waals surface area contributed by atoms with E-state index in [0.29, 0.717) is 0 Å². The molecule has 104 valence electrons. The van der Waals surface area contributed by atoms with E-state index < -0.39 is 0 Å². The molecule has 0 aliphatic heterocycles. The zero-order valence-corrected chi connectivity index (χ0v) is 13.7. The van der Waals surface area contributed by atoms with Gasteiger partial charge in [-0.15, -0.1) is 22.7 Å². The molecule has 0 saturated carbocycles. The van der Waals surface area contributed by atoms with Gasteiger partial charge in [0.25, 0.3) is 5.56 Å². The average Bonchev–Trinajstić information content (AvgIpc) is 3.09. The lowest BCUT2D eigenvalue weighted by Gasteiger charge is -2.06. The van der Waals surface area contributed by atoms with Gasteiger partial charge in [0.1, 0.15) is 4.83 Å². The first-order chi connectivity index (χ1) is 9.72. The first kappa shape index (κ1) is 13.9. The van der Waals surface area contributed by atoms with Crippen molar-refractivity contribution in [1.29, 1.82) is 0 Å². The number of fused-ring (bicyclic) bond motifs is 1. The van der Waals surface area contributed by atoms with Gasteiger partial charge in [-0.2, -0.15) is 0 Å². The maximum absolute atomic E-state index is 12.6. The molecule has 0 amide bonds. The summed E-state index contributed by atoms with van der Waals surface area (Å²) in [6, 6.07) is 4.05. The van der Waals surface area contributed by atoms with Crippen LogP contribution in [0, 0.1) is 0 Å². The molecule has 0 aliphatic rings. The predicted molar refractivity (Wildman–Crippen MR) is 89.2 cm³/mol. The van der Waals surface area contributed by atoms with Crippen molar-refractivity contribution in [3.8, 4) is 10.4 Å². The van der Waals surface area contributed by atoms with E-state index in [1.165, 1.54) is 0 Å². The molecule has 0 saturated heterocycles. The highest BCUT2D eigenvalue weighted by molar-refractivity contribution is 7.99. The molecule has 0 bridgehead atoms. The number of rotatable bonds is 4. The third kappa shape index (κ3) is 2.32. The highest BCUT2D eigenvalue weighted by Gasteiger charge is 2.15. The molecule has 0 aromatic carbocycles. The second-order valence-corrected chi connectivity index (χ2v) is 7.28. The normalized spacial score (nSPS) is 11.3. The maximum Gasteiger partial charge on any atom is 0.263 e. The van der Waals surface area contributed by atoms with E-state index in [2.05, 4.69) is 11.9 Å². The van der Waals surface area contributed by atoms with Gasteiger partial charge in [0, 0.05) is 28.6 Å². The molecule has 3 aromatic heterocycles. The van der Waals surface area contributed by atoms with Crippen LogP contribution in [0.1, 0.15) is 13.3 Å². The van der Waals surface area contributed by atoms with E-state index >= 15 is 0 Å². The zero-order chi connectivity index (χ0) is 14.1. The van der Waals surface area contributed by atoms with Crippen molar-refractivity contribution in [1.82, 2.24) is 9.55 Å². The molecule has 3 nitrogen and oxygen atoms in total. The van der Waals surface area contributed by atoms with Crippen molar-refractivity contribution in [3.63, 3.8) is 0 Å². The van der Waals surface area contributed by atoms with Crippen LogP contribution in [0.4, 0.5) is 0 Å². The number of nitrogens with zero attached hydrogens (tertiary/aromatic N) is 2. The third-order valence-electron chi connectivity index (χ3n) is 3.00. The SMILES string of the molecule is CCCSc1nc2scc(-c3cccs3)c2c(=O)n1C. The molecule has 3 rings (SSSR count). The summed E-state index contributed by atoms with van der Waals surface area (Å²) in [5, 5.41) is 5.63. The lowest BCUT2D eigenvalue weighted by molar-refractivity contribution is 0.728. The van der Waals surface area contributed by atoms with Crippen LogP contribution >= 0.6 is 34.4 Å². The van der Waals surface area contributed by atoms with E-state index in [1.54, 1.807) is 39.0 Å². The predicted octanol–water partition coefficient (Wildman–Crippen LogP) is 4.23. The summed E-state index contributed by atoms with van der Waals surface area (Å²) in [5.74, 6) is 0.981. The molecule has 0 spiro atoms. The molecule has 0 radical (unpaired) electrons. The lowest BCUT2D eigenvalue weighted by atomic mass is 10.2. The molecule has 6 heteroatoms. The summed E-state index contributed by atoms with van der Waals surface area (Å²) >= 11 is 4.85. The molecule has 0 fully saturated rings. The smallest absolute Gasteiger partial charge is 0.263 e. The van der Waals surface area contributed by atoms with Gasteiger partial charge < -0.3 is 0 Å². The molecule has 0 aliphatic carbocycles. The van der Waals surface area contributed by atoms with Gasteiger partial charge in [-0.25, -0.2) is 4.98 Å². The van der Waals surface area contributed by atoms with Gasteiger partial charge in [-0.05, 0) is 17.9 Å². The first-order valence-corrected chi connectivity index (χ1v) is 9.11. The fourth-order valence-electron chi connectivity index (χ4n) is 1.99. The summed E-state index contributed by atoms with van der Waals surface area (Å²) in [6.45, 7) is 2.13. The Kier molecular flexibility index (Phi) is 3.96. The largest absolute Gasteiger partial charge is 0.290 e. The number of thioether (sulfide) groups is 1. The Bertz CT molecular complexity index is 787. The van der Waals surface area contributed by atoms with Crippen LogP contribution in [0.2, 0.25) is 0 Å². The van der Waals surface area contributed by atoms with Crippen LogP contribution in [-0.4, -0.2) is 15.3 Å². The summed E-state index contributed by atoms with van der Waals surface area (Å²) in [4.78, 5) is 19.2. The second-order valence-electron chi connectivity index (χ2n) is 4.41. The Hall–Kier alpha value is -1.11. The lowest BCUT2D eigenvalue weighted by Crippen LogP contribution is -2.19. The first-order valence-electron chi connectivity index (χ1n) is 6.37.